The highest BCUT2D eigenvalue weighted by Gasteiger charge is 2.25. The number of nitro benzene ring substituents is 1. The maximum atomic E-state index is 11.7. The van der Waals surface area contributed by atoms with Gasteiger partial charge in [-0.3, -0.25) is 10.1 Å². The van der Waals surface area contributed by atoms with Crippen molar-refractivity contribution in [2.45, 2.75) is 12.8 Å². The smallest absolute Gasteiger partial charge is 0.344 e. The van der Waals surface area contributed by atoms with Crippen LogP contribution in [0.3, 0.4) is 0 Å². The Balaban J connectivity index is 2.33. The van der Waals surface area contributed by atoms with Crippen LogP contribution in [-0.2, 0) is 4.74 Å². The molecule has 7 heteroatoms. The Morgan fingerprint density at radius 1 is 1.57 bits per heavy atom. The van der Waals surface area contributed by atoms with E-state index in [2.05, 4.69) is 4.74 Å². The first kappa shape index (κ1) is 15.2. The number of ether oxygens (including phenoxy) is 1. The normalized spacial score (nSPS) is 18.4. The molecule has 114 valence electrons. The van der Waals surface area contributed by atoms with Crippen LogP contribution in [0.15, 0.2) is 18.2 Å². The number of hydrogen-bond donors (Lipinski definition) is 1. The van der Waals surface area contributed by atoms with Crippen LogP contribution in [0.5, 0.6) is 0 Å². The summed E-state index contributed by atoms with van der Waals surface area (Å²) in [5.74, 6) is -0.533. The van der Waals surface area contributed by atoms with Gasteiger partial charge in [-0.15, -0.1) is 0 Å². The molecule has 0 bridgehead atoms. The third-order valence-electron chi connectivity index (χ3n) is 3.72. The number of nitro groups is 1. The molecule has 1 heterocycles. The SMILES string of the molecule is COC(=O)c1cc(N2CCC[C@H](CO)C2)ccc1[N+](=O)[O-]. The molecule has 1 aliphatic rings. The Labute approximate surface area is 122 Å². The molecule has 1 aliphatic heterocycles. The number of hydrogen-bond acceptors (Lipinski definition) is 6. The maximum absolute atomic E-state index is 11.7. The Morgan fingerprint density at radius 2 is 2.33 bits per heavy atom. The van der Waals surface area contributed by atoms with Crippen molar-refractivity contribution in [3.05, 3.63) is 33.9 Å². The molecule has 1 atom stereocenters. The van der Waals surface area contributed by atoms with Crippen LogP contribution in [-0.4, -0.2) is 42.8 Å². The third-order valence-corrected chi connectivity index (χ3v) is 3.72. The van der Waals surface area contributed by atoms with E-state index in [1.54, 1.807) is 6.07 Å². The van der Waals surface area contributed by atoms with Crippen LogP contribution in [0.2, 0.25) is 0 Å². The van der Waals surface area contributed by atoms with E-state index in [4.69, 9.17) is 0 Å². The van der Waals surface area contributed by atoms with Crippen molar-refractivity contribution in [1.29, 1.82) is 0 Å². The van der Waals surface area contributed by atoms with E-state index in [0.717, 1.165) is 25.1 Å². The fourth-order valence-electron chi connectivity index (χ4n) is 2.60. The van der Waals surface area contributed by atoms with Gasteiger partial charge in [0.2, 0.25) is 0 Å². The molecule has 1 saturated heterocycles. The number of aliphatic hydroxyl groups excluding tert-OH is 1. The molecule has 2 rings (SSSR count). The lowest BCUT2D eigenvalue weighted by molar-refractivity contribution is -0.385. The second-order valence-corrected chi connectivity index (χ2v) is 5.09. The zero-order valence-electron chi connectivity index (χ0n) is 11.8. The molecule has 21 heavy (non-hydrogen) atoms. The average Bonchev–Trinajstić information content (AvgIpc) is 2.53. The van der Waals surface area contributed by atoms with Gasteiger partial charge in [0.15, 0.2) is 0 Å². The highest BCUT2D eigenvalue weighted by atomic mass is 16.6. The molecule has 7 nitrogen and oxygen atoms in total. The molecular formula is C14H18N2O5. The number of aliphatic hydroxyl groups is 1. The number of anilines is 1. The van der Waals surface area contributed by atoms with Crippen molar-refractivity contribution >= 4 is 17.3 Å². The first-order valence-corrected chi connectivity index (χ1v) is 6.79. The van der Waals surface area contributed by atoms with Crippen molar-refractivity contribution in [1.82, 2.24) is 0 Å². The summed E-state index contributed by atoms with van der Waals surface area (Å²) in [5.41, 5.74) is 0.423. The largest absolute Gasteiger partial charge is 0.465 e. The number of piperidine rings is 1. The second kappa shape index (κ2) is 6.53. The predicted molar refractivity (Wildman–Crippen MR) is 76.5 cm³/mol. The summed E-state index contributed by atoms with van der Waals surface area (Å²) in [7, 11) is 1.20. The van der Waals surface area contributed by atoms with Crippen molar-refractivity contribution < 1.29 is 19.6 Å². The van der Waals surface area contributed by atoms with E-state index in [1.165, 1.54) is 19.2 Å². The van der Waals surface area contributed by atoms with Gasteiger partial charge in [0.1, 0.15) is 5.56 Å². The highest BCUT2D eigenvalue weighted by Crippen LogP contribution is 2.28. The number of nitrogens with zero attached hydrogens (tertiary/aromatic N) is 2. The van der Waals surface area contributed by atoms with E-state index >= 15 is 0 Å². The van der Waals surface area contributed by atoms with Crippen LogP contribution < -0.4 is 4.90 Å². The summed E-state index contributed by atoms with van der Waals surface area (Å²) in [5, 5.41) is 20.2. The molecule has 0 aromatic heterocycles. The van der Waals surface area contributed by atoms with Gasteiger partial charge in [-0.1, -0.05) is 0 Å². The molecule has 1 aromatic carbocycles. The Kier molecular flexibility index (Phi) is 4.74. The van der Waals surface area contributed by atoms with E-state index in [-0.39, 0.29) is 23.8 Å². The van der Waals surface area contributed by atoms with Gasteiger partial charge in [0.05, 0.1) is 12.0 Å². The summed E-state index contributed by atoms with van der Waals surface area (Å²) in [6.45, 7) is 1.59. The van der Waals surface area contributed by atoms with Gasteiger partial charge in [-0.05, 0) is 30.9 Å². The number of benzene rings is 1. The van der Waals surface area contributed by atoms with Gasteiger partial charge in [-0.2, -0.15) is 0 Å². The number of carbonyl (C=O) groups is 1. The van der Waals surface area contributed by atoms with E-state index in [9.17, 15) is 20.0 Å². The highest BCUT2D eigenvalue weighted by molar-refractivity contribution is 5.95. The summed E-state index contributed by atoms with van der Waals surface area (Å²) >= 11 is 0. The number of rotatable bonds is 4. The van der Waals surface area contributed by atoms with Crippen LogP contribution in [0, 0.1) is 16.0 Å². The molecule has 1 aromatic rings. The average molecular weight is 294 g/mol. The predicted octanol–water partition coefficient (Wildman–Crippen LogP) is 1.59. The molecule has 1 fully saturated rings. The van der Waals surface area contributed by atoms with E-state index < -0.39 is 10.9 Å². The fourth-order valence-corrected chi connectivity index (χ4v) is 2.60. The van der Waals surface area contributed by atoms with Gasteiger partial charge >= 0.3 is 5.97 Å². The Morgan fingerprint density at radius 3 is 2.95 bits per heavy atom. The molecule has 0 amide bonds. The molecule has 1 N–H and O–H groups in total. The zero-order valence-corrected chi connectivity index (χ0v) is 11.8. The summed E-state index contributed by atoms with van der Waals surface area (Å²) in [4.78, 5) is 24.1. The maximum Gasteiger partial charge on any atom is 0.344 e. The summed E-state index contributed by atoms with van der Waals surface area (Å²) in [6, 6.07) is 4.44. The minimum absolute atomic E-state index is 0.0499. The van der Waals surface area contributed by atoms with Crippen molar-refractivity contribution in [2.24, 2.45) is 5.92 Å². The second-order valence-electron chi connectivity index (χ2n) is 5.09. The van der Waals surface area contributed by atoms with Crippen LogP contribution in [0.1, 0.15) is 23.2 Å². The molecular weight excluding hydrogens is 276 g/mol. The minimum Gasteiger partial charge on any atom is -0.465 e. The Hall–Kier alpha value is -2.15. The minimum atomic E-state index is -0.723. The number of esters is 1. The van der Waals surface area contributed by atoms with E-state index in [1.807, 2.05) is 4.90 Å². The fraction of sp³-hybridized carbons (Fsp3) is 0.500. The summed E-state index contributed by atoms with van der Waals surface area (Å²) < 4.78 is 4.61. The van der Waals surface area contributed by atoms with Gasteiger partial charge in [-0.25, -0.2) is 4.79 Å². The van der Waals surface area contributed by atoms with E-state index in [0.29, 0.717) is 6.54 Å². The van der Waals surface area contributed by atoms with Crippen LogP contribution in [0.25, 0.3) is 0 Å². The first-order chi connectivity index (χ1) is 10.1. The number of methoxy groups -OCH3 is 1. The topological polar surface area (TPSA) is 92.9 Å². The standard InChI is InChI=1S/C14H18N2O5/c1-21-14(18)12-7-11(4-5-13(12)16(19)20)15-6-2-3-10(8-15)9-17/h4-5,7,10,17H,2-3,6,8-9H2,1H3/t10-/m0/s1. The molecule has 0 saturated carbocycles. The van der Waals surface area contributed by atoms with Crippen molar-refractivity contribution in [3.63, 3.8) is 0 Å². The lowest BCUT2D eigenvalue weighted by atomic mass is 9.98. The van der Waals surface area contributed by atoms with Gasteiger partial charge in [0.25, 0.3) is 5.69 Å². The molecule has 0 spiro atoms. The third kappa shape index (κ3) is 3.30. The van der Waals surface area contributed by atoms with Crippen LogP contribution in [0.4, 0.5) is 11.4 Å². The lowest BCUT2D eigenvalue weighted by Crippen LogP contribution is -2.36. The van der Waals surface area contributed by atoms with Crippen molar-refractivity contribution in [2.75, 3.05) is 31.7 Å². The Bertz CT molecular complexity index is 546. The lowest BCUT2D eigenvalue weighted by Gasteiger charge is -2.33. The summed E-state index contributed by atoms with van der Waals surface area (Å²) in [6.07, 6.45) is 1.90. The molecule has 0 radical (unpaired) electrons. The van der Waals surface area contributed by atoms with Crippen LogP contribution >= 0.6 is 0 Å². The first-order valence-electron chi connectivity index (χ1n) is 6.79. The quantitative estimate of drug-likeness (QED) is 0.515. The number of carbonyl (C=O) groups excluding carboxylic acids is 1. The molecule has 0 aliphatic carbocycles. The molecule has 0 unspecified atom stereocenters. The van der Waals surface area contributed by atoms with Crippen molar-refractivity contribution in [3.8, 4) is 0 Å². The van der Waals surface area contributed by atoms with Gasteiger partial charge < -0.3 is 14.7 Å². The zero-order chi connectivity index (χ0) is 15.4. The van der Waals surface area contributed by atoms with Gasteiger partial charge in [0, 0.05) is 31.5 Å². The monoisotopic (exact) mass is 294 g/mol.